The van der Waals surface area contributed by atoms with Crippen molar-refractivity contribution in [3.8, 4) is 0 Å². The molecule has 1 aromatic carbocycles. The first-order valence-electron chi connectivity index (χ1n) is 4.64. The summed E-state index contributed by atoms with van der Waals surface area (Å²) in [5.41, 5.74) is 2.09. The number of aliphatic carboxylic acids is 1. The Morgan fingerprint density at radius 2 is 2.13 bits per heavy atom. The number of nitrogens with one attached hydrogen (secondary N) is 1. The molecule has 3 heteroatoms. The molecular weight excluding hydrogens is 190 g/mol. The Balaban J connectivity index is 2.54. The van der Waals surface area contributed by atoms with E-state index >= 15 is 0 Å². The number of aromatic amines is 1. The Morgan fingerprint density at radius 3 is 2.87 bits per heavy atom. The Morgan fingerprint density at radius 1 is 1.40 bits per heavy atom. The Hall–Kier alpha value is -2.03. The van der Waals surface area contributed by atoms with Crippen molar-refractivity contribution in [2.75, 3.05) is 0 Å². The minimum atomic E-state index is -1.14. The average Bonchev–Trinajstić information content (AvgIpc) is 2.62. The van der Waals surface area contributed by atoms with Gasteiger partial charge in [0.15, 0.2) is 0 Å². The third-order valence-corrected chi connectivity index (χ3v) is 2.32. The van der Waals surface area contributed by atoms with Crippen LogP contribution in [0.25, 0.3) is 17.0 Å². The lowest BCUT2D eigenvalue weighted by Crippen LogP contribution is -2.22. The Bertz CT molecular complexity index is 537. The molecule has 1 N–H and O–H groups in total. The zero-order valence-electron chi connectivity index (χ0n) is 8.28. The molecule has 0 aliphatic heterocycles. The van der Waals surface area contributed by atoms with Crippen LogP contribution in [-0.4, -0.2) is 11.0 Å². The van der Waals surface area contributed by atoms with Crippen LogP contribution in [0.4, 0.5) is 0 Å². The van der Waals surface area contributed by atoms with E-state index in [1.807, 2.05) is 24.3 Å². The van der Waals surface area contributed by atoms with E-state index in [1.54, 1.807) is 12.3 Å². The summed E-state index contributed by atoms with van der Waals surface area (Å²) in [7, 11) is 0. The molecule has 0 aliphatic rings. The summed E-state index contributed by atoms with van der Waals surface area (Å²) in [5, 5.41) is 11.6. The fourth-order valence-electron chi connectivity index (χ4n) is 1.51. The van der Waals surface area contributed by atoms with Crippen molar-refractivity contribution < 1.29 is 9.90 Å². The van der Waals surface area contributed by atoms with Gasteiger partial charge in [-0.2, -0.15) is 0 Å². The monoisotopic (exact) mass is 200 g/mol. The number of H-pyrrole nitrogens is 1. The van der Waals surface area contributed by atoms with Gasteiger partial charge in [-0.1, -0.05) is 18.2 Å². The smallest absolute Gasteiger partial charge is 0.0672 e. The van der Waals surface area contributed by atoms with Gasteiger partial charge in [0.25, 0.3) is 0 Å². The molecule has 76 valence electrons. The summed E-state index contributed by atoms with van der Waals surface area (Å²) in [6.07, 6.45) is 3.39. The number of carbonyl (C=O) groups excluding carboxylic acids is 1. The number of benzene rings is 1. The molecule has 1 heterocycles. The number of hydrogen-bond acceptors (Lipinski definition) is 2. The molecule has 2 aromatic rings. The molecule has 0 saturated heterocycles. The Labute approximate surface area is 87.0 Å². The van der Waals surface area contributed by atoms with Gasteiger partial charge in [-0.15, -0.1) is 0 Å². The quantitative estimate of drug-likeness (QED) is 0.743. The second-order valence-corrected chi connectivity index (χ2v) is 3.40. The van der Waals surface area contributed by atoms with Gasteiger partial charge in [-0.3, -0.25) is 0 Å². The van der Waals surface area contributed by atoms with Crippen molar-refractivity contribution >= 4 is 22.9 Å². The summed E-state index contributed by atoms with van der Waals surface area (Å²) in [4.78, 5) is 13.6. The fraction of sp³-hybridized carbons (Fsp3) is 0.0833. The molecule has 15 heavy (non-hydrogen) atoms. The molecule has 1 aromatic heterocycles. The standard InChI is InChI=1S/C12H11NO2/c1-8(12(14)15)6-9-7-13-11-5-3-2-4-10(9)11/h2-7,13H,1H3,(H,14,15)/p-1/b8-6-. The van der Waals surface area contributed by atoms with Crippen molar-refractivity contribution in [2.45, 2.75) is 6.92 Å². The SMILES string of the molecule is C/C(=C/c1c[nH]c2ccccc12)C(=O)[O-]. The van der Waals surface area contributed by atoms with Crippen LogP contribution in [0.15, 0.2) is 36.0 Å². The first-order valence-corrected chi connectivity index (χ1v) is 4.64. The van der Waals surface area contributed by atoms with Crippen LogP contribution in [0, 0.1) is 0 Å². The summed E-state index contributed by atoms with van der Waals surface area (Å²) < 4.78 is 0. The van der Waals surface area contributed by atoms with E-state index in [0.717, 1.165) is 16.5 Å². The summed E-state index contributed by atoms with van der Waals surface area (Å²) >= 11 is 0. The molecule has 0 atom stereocenters. The van der Waals surface area contributed by atoms with E-state index < -0.39 is 5.97 Å². The van der Waals surface area contributed by atoms with Crippen molar-refractivity contribution in [3.63, 3.8) is 0 Å². The highest BCUT2D eigenvalue weighted by Gasteiger charge is 2.00. The highest BCUT2D eigenvalue weighted by Crippen LogP contribution is 2.19. The van der Waals surface area contributed by atoms with E-state index in [9.17, 15) is 9.90 Å². The summed E-state index contributed by atoms with van der Waals surface area (Å²) in [6.45, 7) is 1.52. The van der Waals surface area contributed by atoms with Crippen molar-refractivity contribution in [3.05, 3.63) is 41.6 Å². The second-order valence-electron chi connectivity index (χ2n) is 3.40. The zero-order valence-corrected chi connectivity index (χ0v) is 8.28. The van der Waals surface area contributed by atoms with E-state index in [4.69, 9.17) is 0 Å². The van der Waals surface area contributed by atoms with Gasteiger partial charge in [0, 0.05) is 22.7 Å². The minimum absolute atomic E-state index is 0.222. The van der Waals surface area contributed by atoms with Crippen LogP contribution >= 0.6 is 0 Å². The van der Waals surface area contributed by atoms with Gasteiger partial charge in [0.1, 0.15) is 0 Å². The zero-order chi connectivity index (χ0) is 10.8. The predicted octanol–water partition coefficient (Wildman–Crippen LogP) is 1.32. The van der Waals surface area contributed by atoms with Crippen molar-refractivity contribution in [1.29, 1.82) is 0 Å². The van der Waals surface area contributed by atoms with Crippen LogP contribution in [0.1, 0.15) is 12.5 Å². The van der Waals surface area contributed by atoms with E-state index in [1.165, 1.54) is 6.92 Å². The van der Waals surface area contributed by atoms with E-state index in [-0.39, 0.29) is 5.57 Å². The van der Waals surface area contributed by atoms with Gasteiger partial charge >= 0.3 is 0 Å². The second kappa shape index (κ2) is 3.61. The third kappa shape index (κ3) is 1.76. The van der Waals surface area contributed by atoms with Crippen molar-refractivity contribution in [1.82, 2.24) is 4.98 Å². The van der Waals surface area contributed by atoms with Crippen LogP contribution in [-0.2, 0) is 4.79 Å². The number of rotatable bonds is 2. The topological polar surface area (TPSA) is 55.9 Å². The highest BCUT2D eigenvalue weighted by atomic mass is 16.4. The number of aromatic nitrogens is 1. The van der Waals surface area contributed by atoms with Crippen LogP contribution < -0.4 is 5.11 Å². The first kappa shape index (κ1) is 9.52. The largest absolute Gasteiger partial charge is 0.545 e. The third-order valence-electron chi connectivity index (χ3n) is 2.32. The first-order chi connectivity index (χ1) is 7.18. The normalized spacial score (nSPS) is 11.9. The average molecular weight is 200 g/mol. The highest BCUT2D eigenvalue weighted by molar-refractivity contribution is 5.95. The number of para-hydroxylation sites is 1. The number of carbonyl (C=O) groups is 1. The van der Waals surface area contributed by atoms with Gasteiger partial charge in [-0.25, -0.2) is 0 Å². The summed E-state index contributed by atoms with van der Waals surface area (Å²) in [5.74, 6) is -1.14. The molecule has 0 aliphatic carbocycles. The van der Waals surface area contributed by atoms with Gasteiger partial charge < -0.3 is 14.9 Å². The van der Waals surface area contributed by atoms with Crippen LogP contribution in [0.5, 0.6) is 0 Å². The molecule has 0 fully saturated rings. The molecule has 0 bridgehead atoms. The summed E-state index contributed by atoms with van der Waals surface area (Å²) in [6, 6.07) is 7.74. The maximum Gasteiger partial charge on any atom is 0.0672 e. The molecule has 0 saturated carbocycles. The van der Waals surface area contributed by atoms with Gasteiger partial charge in [-0.05, 0) is 24.6 Å². The lowest BCUT2D eigenvalue weighted by molar-refractivity contribution is -0.299. The minimum Gasteiger partial charge on any atom is -0.545 e. The molecular formula is C12H10NO2-. The number of fused-ring (bicyclic) bond motifs is 1. The molecule has 0 unspecified atom stereocenters. The Kier molecular flexibility index (Phi) is 2.29. The molecule has 3 nitrogen and oxygen atoms in total. The molecule has 0 radical (unpaired) electrons. The molecule has 0 spiro atoms. The van der Waals surface area contributed by atoms with Crippen LogP contribution in [0.2, 0.25) is 0 Å². The molecule has 2 rings (SSSR count). The maximum absolute atomic E-state index is 10.6. The van der Waals surface area contributed by atoms with Gasteiger partial charge in [0.05, 0.1) is 5.97 Å². The van der Waals surface area contributed by atoms with E-state index in [0.29, 0.717) is 0 Å². The fourth-order valence-corrected chi connectivity index (χ4v) is 1.51. The maximum atomic E-state index is 10.6. The predicted molar refractivity (Wildman–Crippen MR) is 57.0 cm³/mol. The molecule has 0 amide bonds. The lowest BCUT2D eigenvalue weighted by Gasteiger charge is -2.00. The van der Waals surface area contributed by atoms with E-state index in [2.05, 4.69) is 4.98 Å². The lowest BCUT2D eigenvalue weighted by atomic mass is 10.1. The number of carboxylic acids is 1. The van der Waals surface area contributed by atoms with Gasteiger partial charge in [0.2, 0.25) is 0 Å². The van der Waals surface area contributed by atoms with Crippen molar-refractivity contribution in [2.24, 2.45) is 0 Å². The van der Waals surface area contributed by atoms with Crippen LogP contribution in [0.3, 0.4) is 0 Å². The number of carboxylic acid groups (broad SMARTS) is 1. The number of hydrogen-bond donors (Lipinski definition) is 1.